The Morgan fingerprint density at radius 1 is 1.50 bits per heavy atom. The molecular formula is C14H25N3O. The van der Waals surface area contributed by atoms with Gasteiger partial charge in [-0.3, -0.25) is 4.68 Å². The van der Waals surface area contributed by atoms with Crippen molar-refractivity contribution in [3.63, 3.8) is 0 Å². The SMILES string of the molecule is CCCn1cc(CNCC2CCOC2CC)cn1. The van der Waals surface area contributed by atoms with Gasteiger partial charge in [0.25, 0.3) is 0 Å². The lowest BCUT2D eigenvalue weighted by atomic mass is 10.00. The van der Waals surface area contributed by atoms with Gasteiger partial charge in [0.1, 0.15) is 0 Å². The van der Waals surface area contributed by atoms with E-state index in [-0.39, 0.29) is 0 Å². The van der Waals surface area contributed by atoms with Crippen LogP contribution in [0.4, 0.5) is 0 Å². The van der Waals surface area contributed by atoms with Crippen molar-refractivity contribution in [2.75, 3.05) is 13.2 Å². The number of hydrogen-bond acceptors (Lipinski definition) is 3. The molecule has 0 spiro atoms. The molecule has 0 aromatic carbocycles. The fraction of sp³-hybridized carbons (Fsp3) is 0.786. The summed E-state index contributed by atoms with van der Waals surface area (Å²) in [5.41, 5.74) is 1.27. The van der Waals surface area contributed by atoms with Crippen molar-refractivity contribution in [3.05, 3.63) is 18.0 Å². The predicted molar refractivity (Wildman–Crippen MR) is 72.4 cm³/mol. The minimum atomic E-state index is 0.459. The van der Waals surface area contributed by atoms with E-state index in [0.717, 1.165) is 39.1 Å². The molecule has 2 rings (SSSR count). The number of ether oxygens (including phenoxy) is 1. The first-order valence-corrected chi connectivity index (χ1v) is 7.17. The standard InChI is InChI=1S/C14H25N3O/c1-3-6-17-11-12(9-16-17)8-15-10-13-5-7-18-14(13)4-2/h9,11,13-15H,3-8,10H2,1-2H3. The normalized spacial score (nSPS) is 23.7. The molecule has 0 saturated carbocycles. The van der Waals surface area contributed by atoms with Crippen LogP contribution in [0, 0.1) is 5.92 Å². The predicted octanol–water partition coefficient (Wildman–Crippen LogP) is 2.20. The van der Waals surface area contributed by atoms with E-state index in [1.165, 1.54) is 12.0 Å². The van der Waals surface area contributed by atoms with Crippen molar-refractivity contribution >= 4 is 0 Å². The van der Waals surface area contributed by atoms with Crippen LogP contribution in [0.5, 0.6) is 0 Å². The zero-order valence-electron chi connectivity index (χ0n) is 11.6. The van der Waals surface area contributed by atoms with Gasteiger partial charge in [0, 0.05) is 38.0 Å². The Hall–Kier alpha value is -0.870. The molecule has 2 atom stereocenters. The van der Waals surface area contributed by atoms with E-state index in [9.17, 15) is 0 Å². The van der Waals surface area contributed by atoms with Gasteiger partial charge < -0.3 is 10.1 Å². The number of nitrogens with zero attached hydrogens (tertiary/aromatic N) is 2. The van der Waals surface area contributed by atoms with E-state index in [4.69, 9.17) is 4.74 Å². The molecule has 0 amide bonds. The highest BCUT2D eigenvalue weighted by Gasteiger charge is 2.25. The van der Waals surface area contributed by atoms with E-state index < -0.39 is 0 Å². The maximum Gasteiger partial charge on any atom is 0.0613 e. The number of hydrogen-bond donors (Lipinski definition) is 1. The van der Waals surface area contributed by atoms with Crippen LogP contribution < -0.4 is 5.32 Å². The minimum Gasteiger partial charge on any atom is -0.378 e. The molecule has 0 aliphatic carbocycles. The summed E-state index contributed by atoms with van der Waals surface area (Å²) in [4.78, 5) is 0. The highest BCUT2D eigenvalue weighted by molar-refractivity contribution is 5.03. The highest BCUT2D eigenvalue weighted by atomic mass is 16.5. The quantitative estimate of drug-likeness (QED) is 0.807. The van der Waals surface area contributed by atoms with E-state index in [2.05, 4.69) is 30.5 Å². The van der Waals surface area contributed by atoms with Gasteiger partial charge in [-0.25, -0.2) is 0 Å². The van der Waals surface area contributed by atoms with Gasteiger partial charge in [0.05, 0.1) is 12.3 Å². The molecule has 4 heteroatoms. The van der Waals surface area contributed by atoms with Crippen molar-refractivity contribution in [1.82, 2.24) is 15.1 Å². The van der Waals surface area contributed by atoms with Gasteiger partial charge in [-0.1, -0.05) is 13.8 Å². The Morgan fingerprint density at radius 3 is 3.17 bits per heavy atom. The molecule has 0 radical (unpaired) electrons. The number of rotatable bonds is 7. The van der Waals surface area contributed by atoms with Crippen molar-refractivity contribution < 1.29 is 4.74 Å². The summed E-state index contributed by atoms with van der Waals surface area (Å²) in [7, 11) is 0. The van der Waals surface area contributed by atoms with Gasteiger partial charge in [-0.2, -0.15) is 5.10 Å². The lowest BCUT2D eigenvalue weighted by molar-refractivity contribution is 0.0872. The Bertz CT molecular complexity index is 351. The number of nitrogens with one attached hydrogen (secondary N) is 1. The molecule has 1 aromatic heterocycles. The summed E-state index contributed by atoms with van der Waals surface area (Å²) in [6.45, 7) is 8.28. The second-order valence-corrected chi connectivity index (χ2v) is 5.11. The molecule has 1 saturated heterocycles. The monoisotopic (exact) mass is 251 g/mol. The van der Waals surface area contributed by atoms with Gasteiger partial charge in [-0.15, -0.1) is 0 Å². The van der Waals surface area contributed by atoms with Gasteiger partial charge in [0.2, 0.25) is 0 Å². The summed E-state index contributed by atoms with van der Waals surface area (Å²) in [5, 5.41) is 7.87. The zero-order valence-corrected chi connectivity index (χ0v) is 11.6. The molecule has 1 aromatic rings. The first-order valence-electron chi connectivity index (χ1n) is 7.17. The average molecular weight is 251 g/mol. The van der Waals surface area contributed by atoms with E-state index in [1.807, 2.05) is 10.9 Å². The third-order valence-electron chi connectivity index (χ3n) is 3.62. The highest BCUT2D eigenvalue weighted by Crippen LogP contribution is 2.22. The minimum absolute atomic E-state index is 0.459. The fourth-order valence-electron chi connectivity index (χ4n) is 2.63. The molecule has 4 nitrogen and oxygen atoms in total. The van der Waals surface area contributed by atoms with E-state index >= 15 is 0 Å². The van der Waals surface area contributed by atoms with Crippen LogP contribution in [-0.2, 0) is 17.8 Å². The molecule has 18 heavy (non-hydrogen) atoms. The molecule has 102 valence electrons. The van der Waals surface area contributed by atoms with Crippen LogP contribution in [0.1, 0.15) is 38.7 Å². The molecule has 1 aliphatic heterocycles. The van der Waals surface area contributed by atoms with Crippen molar-refractivity contribution in [3.8, 4) is 0 Å². The first kappa shape index (κ1) is 13.6. The molecule has 1 N–H and O–H groups in total. The average Bonchev–Trinajstić information content (AvgIpc) is 2.99. The summed E-state index contributed by atoms with van der Waals surface area (Å²) >= 11 is 0. The summed E-state index contributed by atoms with van der Waals surface area (Å²) in [6.07, 6.45) is 8.01. The van der Waals surface area contributed by atoms with Crippen LogP contribution in [0.15, 0.2) is 12.4 Å². The van der Waals surface area contributed by atoms with Crippen LogP contribution in [0.25, 0.3) is 0 Å². The lowest BCUT2D eigenvalue weighted by Crippen LogP contribution is -2.27. The summed E-state index contributed by atoms with van der Waals surface area (Å²) in [5.74, 6) is 0.681. The van der Waals surface area contributed by atoms with Crippen LogP contribution in [-0.4, -0.2) is 29.0 Å². The maximum absolute atomic E-state index is 5.70. The summed E-state index contributed by atoms with van der Waals surface area (Å²) in [6, 6.07) is 0. The fourth-order valence-corrected chi connectivity index (χ4v) is 2.63. The van der Waals surface area contributed by atoms with Gasteiger partial charge in [-0.05, 0) is 25.2 Å². The van der Waals surface area contributed by atoms with Crippen LogP contribution in [0.2, 0.25) is 0 Å². The second kappa shape index (κ2) is 6.90. The number of aryl methyl sites for hydroxylation is 1. The molecular weight excluding hydrogens is 226 g/mol. The number of aromatic nitrogens is 2. The Morgan fingerprint density at radius 2 is 2.39 bits per heavy atom. The smallest absolute Gasteiger partial charge is 0.0613 e. The topological polar surface area (TPSA) is 39.1 Å². The molecule has 0 bridgehead atoms. The largest absolute Gasteiger partial charge is 0.378 e. The van der Waals surface area contributed by atoms with E-state index in [0.29, 0.717) is 12.0 Å². The third kappa shape index (κ3) is 3.56. The van der Waals surface area contributed by atoms with Crippen molar-refractivity contribution in [1.29, 1.82) is 0 Å². The summed E-state index contributed by atoms with van der Waals surface area (Å²) < 4.78 is 7.72. The van der Waals surface area contributed by atoms with Crippen molar-refractivity contribution in [2.24, 2.45) is 5.92 Å². The van der Waals surface area contributed by atoms with Gasteiger partial charge in [0.15, 0.2) is 0 Å². The van der Waals surface area contributed by atoms with Crippen LogP contribution >= 0.6 is 0 Å². The lowest BCUT2D eigenvalue weighted by Gasteiger charge is -2.16. The molecule has 1 aliphatic rings. The van der Waals surface area contributed by atoms with Crippen molar-refractivity contribution in [2.45, 2.75) is 52.3 Å². The first-order chi connectivity index (χ1) is 8.83. The van der Waals surface area contributed by atoms with E-state index in [1.54, 1.807) is 0 Å². The molecule has 2 unspecified atom stereocenters. The second-order valence-electron chi connectivity index (χ2n) is 5.11. The Labute approximate surface area is 110 Å². The molecule has 2 heterocycles. The Kier molecular flexibility index (Phi) is 5.20. The van der Waals surface area contributed by atoms with Crippen LogP contribution in [0.3, 0.4) is 0 Å². The zero-order chi connectivity index (χ0) is 12.8. The third-order valence-corrected chi connectivity index (χ3v) is 3.62. The molecule has 1 fully saturated rings. The maximum atomic E-state index is 5.70. The van der Waals surface area contributed by atoms with Gasteiger partial charge >= 0.3 is 0 Å². The Balaban J connectivity index is 1.71.